The Morgan fingerprint density at radius 1 is 1.43 bits per heavy atom. The molecule has 1 fully saturated rings. The van der Waals surface area contributed by atoms with Gasteiger partial charge in [0.1, 0.15) is 5.41 Å². The first-order valence-electron chi connectivity index (χ1n) is 4.45. The van der Waals surface area contributed by atoms with Gasteiger partial charge in [-0.15, -0.1) is 0 Å². The molecule has 1 N–H and O–H groups in total. The van der Waals surface area contributed by atoms with Crippen molar-refractivity contribution in [3.63, 3.8) is 0 Å². The Hall–Kier alpha value is -0.970. The number of rotatable bonds is 1. The molecule has 0 saturated carbocycles. The lowest BCUT2D eigenvalue weighted by Crippen LogP contribution is -2.63. The fourth-order valence-electron chi connectivity index (χ4n) is 1.36. The molecule has 1 aliphatic rings. The van der Waals surface area contributed by atoms with Gasteiger partial charge in [0, 0.05) is 7.05 Å². The van der Waals surface area contributed by atoms with E-state index in [-0.39, 0.29) is 22.8 Å². The van der Waals surface area contributed by atoms with Crippen LogP contribution in [0.25, 0.3) is 0 Å². The van der Waals surface area contributed by atoms with Crippen molar-refractivity contribution < 1.29 is 9.59 Å². The number of amides is 2. The predicted octanol–water partition coefficient (Wildman–Crippen LogP) is 0.522. The van der Waals surface area contributed by atoms with Gasteiger partial charge in [0.15, 0.2) is 5.11 Å². The van der Waals surface area contributed by atoms with Crippen LogP contribution >= 0.6 is 12.2 Å². The highest BCUT2D eigenvalue weighted by atomic mass is 32.1. The van der Waals surface area contributed by atoms with Gasteiger partial charge in [0.05, 0.1) is 0 Å². The van der Waals surface area contributed by atoms with Gasteiger partial charge in [-0.25, -0.2) is 0 Å². The van der Waals surface area contributed by atoms with Crippen LogP contribution in [-0.2, 0) is 9.59 Å². The van der Waals surface area contributed by atoms with Crippen LogP contribution < -0.4 is 5.32 Å². The monoisotopic (exact) mass is 214 g/mol. The molecule has 0 bridgehead atoms. The summed E-state index contributed by atoms with van der Waals surface area (Å²) in [5.74, 6) is -0.595. The Labute approximate surface area is 88.6 Å². The summed E-state index contributed by atoms with van der Waals surface area (Å²) in [5.41, 5.74) is -1.00. The highest BCUT2D eigenvalue weighted by Crippen LogP contribution is 2.31. The molecule has 1 atom stereocenters. The van der Waals surface area contributed by atoms with E-state index in [4.69, 9.17) is 12.2 Å². The molecule has 1 rings (SSSR count). The van der Waals surface area contributed by atoms with Crippen LogP contribution in [0.15, 0.2) is 0 Å². The van der Waals surface area contributed by atoms with E-state index in [0.717, 1.165) is 0 Å². The molecule has 0 aromatic heterocycles. The smallest absolute Gasteiger partial charge is 0.244 e. The molecular formula is C9H14N2O2S. The third-order valence-electron chi connectivity index (χ3n) is 2.90. The first-order chi connectivity index (χ1) is 6.31. The van der Waals surface area contributed by atoms with Crippen LogP contribution in [0.2, 0.25) is 0 Å². The fraction of sp³-hybridized carbons (Fsp3) is 0.667. The van der Waals surface area contributed by atoms with Crippen molar-refractivity contribution in [2.45, 2.75) is 20.8 Å². The van der Waals surface area contributed by atoms with Crippen molar-refractivity contribution >= 4 is 29.1 Å². The summed E-state index contributed by atoms with van der Waals surface area (Å²) in [7, 11) is 1.57. The average Bonchev–Trinajstić information content (AvgIpc) is 2.11. The minimum absolute atomic E-state index is 0.0550. The molecule has 78 valence electrons. The second kappa shape index (κ2) is 3.31. The summed E-state index contributed by atoms with van der Waals surface area (Å²) >= 11 is 4.84. The first kappa shape index (κ1) is 11.1. The molecule has 1 saturated heterocycles. The van der Waals surface area contributed by atoms with Crippen molar-refractivity contribution in [1.82, 2.24) is 10.2 Å². The number of nitrogens with one attached hydrogen (secondary N) is 1. The van der Waals surface area contributed by atoms with Gasteiger partial charge in [-0.05, 0) is 25.1 Å². The van der Waals surface area contributed by atoms with Crippen LogP contribution in [0, 0.1) is 11.3 Å². The normalized spacial score (nSPS) is 28.4. The first-order valence-corrected chi connectivity index (χ1v) is 4.86. The number of hydrogen-bond acceptors (Lipinski definition) is 3. The Kier molecular flexibility index (Phi) is 2.63. The fourth-order valence-corrected chi connectivity index (χ4v) is 1.53. The summed E-state index contributed by atoms with van der Waals surface area (Å²) in [6.45, 7) is 5.34. The average molecular weight is 214 g/mol. The molecule has 0 aromatic rings. The van der Waals surface area contributed by atoms with Crippen molar-refractivity contribution in [3.05, 3.63) is 0 Å². The number of nitrogens with zero attached hydrogens (tertiary/aromatic N) is 1. The Morgan fingerprint density at radius 2 is 1.93 bits per heavy atom. The zero-order chi connectivity index (χ0) is 11.1. The van der Waals surface area contributed by atoms with Gasteiger partial charge in [0.2, 0.25) is 11.8 Å². The largest absolute Gasteiger partial charge is 0.302 e. The highest BCUT2D eigenvalue weighted by molar-refractivity contribution is 7.80. The lowest BCUT2D eigenvalue weighted by Gasteiger charge is -2.39. The highest BCUT2D eigenvalue weighted by Gasteiger charge is 2.49. The predicted molar refractivity (Wildman–Crippen MR) is 56.5 cm³/mol. The van der Waals surface area contributed by atoms with E-state index in [1.165, 1.54) is 4.90 Å². The summed E-state index contributed by atoms with van der Waals surface area (Å²) in [6, 6.07) is 0. The van der Waals surface area contributed by atoms with Crippen LogP contribution in [0.5, 0.6) is 0 Å². The zero-order valence-corrected chi connectivity index (χ0v) is 9.57. The van der Waals surface area contributed by atoms with E-state index >= 15 is 0 Å². The zero-order valence-electron chi connectivity index (χ0n) is 8.75. The van der Waals surface area contributed by atoms with Crippen molar-refractivity contribution in [1.29, 1.82) is 0 Å². The lowest BCUT2D eigenvalue weighted by atomic mass is 9.76. The minimum atomic E-state index is -1.00. The van der Waals surface area contributed by atoms with E-state index in [9.17, 15) is 9.59 Å². The maximum Gasteiger partial charge on any atom is 0.244 e. The van der Waals surface area contributed by atoms with Gasteiger partial charge in [-0.1, -0.05) is 13.8 Å². The Balaban J connectivity index is 3.13. The topological polar surface area (TPSA) is 49.4 Å². The molecule has 0 spiro atoms. The molecule has 0 aliphatic carbocycles. The number of thiocarbonyl (C=S) groups is 1. The molecule has 14 heavy (non-hydrogen) atoms. The SMILES string of the molecule is CC(C)C1(C)C(=O)NC(=S)N(C)C1=O. The maximum absolute atomic E-state index is 11.9. The quantitative estimate of drug-likeness (QED) is 0.511. The molecule has 4 nitrogen and oxygen atoms in total. The van der Waals surface area contributed by atoms with Crippen LogP contribution in [0.1, 0.15) is 20.8 Å². The lowest BCUT2D eigenvalue weighted by molar-refractivity contribution is -0.151. The number of carbonyl (C=O) groups is 2. The minimum Gasteiger partial charge on any atom is -0.302 e. The van der Waals surface area contributed by atoms with E-state index in [1.54, 1.807) is 14.0 Å². The summed E-state index contributed by atoms with van der Waals surface area (Å²) in [4.78, 5) is 24.9. The van der Waals surface area contributed by atoms with Gasteiger partial charge in [-0.2, -0.15) is 0 Å². The van der Waals surface area contributed by atoms with Crippen LogP contribution in [0.3, 0.4) is 0 Å². The third kappa shape index (κ3) is 1.32. The van der Waals surface area contributed by atoms with Gasteiger partial charge in [0.25, 0.3) is 0 Å². The second-order valence-corrected chi connectivity index (χ2v) is 4.37. The molecule has 0 aromatic carbocycles. The van der Waals surface area contributed by atoms with Crippen LogP contribution in [-0.4, -0.2) is 28.9 Å². The Morgan fingerprint density at radius 3 is 2.36 bits per heavy atom. The summed E-state index contributed by atoms with van der Waals surface area (Å²) < 4.78 is 0. The molecule has 2 amide bonds. The van der Waals surface area contributed by atoms with Crippen LogP contribution in [0.4, 0.5) is 0 Å². The molecular weight excluding hydrogens is 200 g/mol. The van der Waals surface area contributed by atoms with Gasteiger partial charge >= 0.3 is 0 Å². The molecule has 1 heterocycles. The van der Waals surface area contributed by atoms with Crippen molar-refractivity contribution in [3.8, 4) is 0 Å². The Bertz CT molecular complexity index is 314. The molecule has 1 unspecified atom stereocenters. The van der Waals surface area contributed by atoms with E-state index < -0.39 is 5.41 Å². The third-order valence-corrected chi connectivity index (χ3v) is 3.28. The molecule has 0 radical (unpaired) electrons. The maximum atomic E-state index is 11.9. The van der Waals surface area contributed by atoms with Gasteiger partial charge < -0.3 is 5.32 Å². The number of hydrogen-bond donors (Lipinski definition) is 1. The summed E-state index contributed by atoms with van der Waals surface area (Å²) in [6.07, 6.45) is 0. The molecule has 5 heteroatoms. The number of carbonyl (C=O) groups excluding carboxylic acids is 2. The summed E-state index contributed by atoms with van der Waals surface area (Å²) in [5, 5.41) is 2.71. The van der Waals surface area contributed by atoms with E-state index in [0.29, 0.717) is 0 Å². The van der Waals surface area contributed by atoms with Gasteiger partial charge in [-0.3, -0.25) is 14.5 Å². The standard InChI is InChI=1S/C9H14N2O2S/c1-5(2)9(3)6(12)10-8(14)11(4)7(9)13/h5H,1-4H3,(H,10,12,14). The van der Waals surface area contributed by atoms with E-state index in [2.05, 4.69) is 5.32 Å². The molecule has 1 aliphatic heterocycles. The van der Waals surface area contributed by atoms with E-state index in [1.807, 2.05) is 13.8 Å². The van der Waals surface area contributed by atoms with Crippen molar-refractivity contribution in [2.24, 2.45) is 11.3 Å². The second-order valence-electron chi connectivity index (χ2n) is 3.98. The van der Waals surface area contributed by atoms with Crippen molar-refractivity contribution in [2.75, 3.05) is 7.05 Å².